The molecule has 2 aliphatic rings. The van der Waals surface area contributed by atoms with Crippen LogP contribution >= 0.6 is 0 Å². The molecular weight excluding hydrogens is 336 g/mol. The Balaban J connectivity index is 1.77. The van der Waals surface area contributed by atoms with Gasteiger partial charge in [-0.05, 0) is 62.3 Å². The Bertz CT molecular complexity index is 844. The number of hydrazine groups is 1. The first-order chi connectivity index (χ1) is 13.3. The van der Waals surface area contributed by atoms with Crippen LogP contribution in [0.25, 0.3) is 0 Å². The fourth-order valence-corrected chi connectivity index (χ4v) is 4.18. The summed E-state index contributed by atoms with van der Waals surface area (Å²) in [5.74, 6) is 0.846. The zero-order valence-electron chi connectivity index (χ0n) is 15.8. The molecule has 1 aliphatic heterocycles. The third kappa shape index (κ3) is 3.57. The minimum absolute atomic E-state index is 0.0420. The van der Waals surface area contributed by atoms with Crippen molar-refractivity contribution in [2.24, 2.45) is 0 Å². The monoisotopic (exact) mass is 362 g/mol. The molecule has 1 aliphatic carbocycles. The first-order valence-corrected chi connectivity index (χ1v) is 9.86. The number of benzene rings is 2. The Hall–Kier alpha value is -2.75. The molecule has 2 aromatic rings. The molecule has 140 valence electrons. The van der Waals surface area contributed by atoms with Crippen LogP contribution in [0.15, 0.2) is 65.7 Å². The van der Waals surface area contributed by atoms with Gasteiger partial charge in [-0.15, -0.1) is 0 Å². The van der Waals surface area contributed by atoms with Gasteiger partial charge >= 0.3 is 0 Å². The van der Waals surface area contributed by atoms with E-state index in [1.807, 2.05) is 42.3 Å². The molecule has 1 atom stereocenters. The van der Waals surface area contributed by atoms with Crippen LogP contribution in [0.3, 0.4) is 0 Å². The lowest BCUT2D eigenvalue weighted by molar-refractivity contribution is -0.118. The van der Waals surface area contributed by atoms with Crippen molar-refractivity contribution in [3.63, 3.8) is 0 Å². The highest BCUT2D eigenvalue weighted by molar-refractivity contribution is 5.97. The molecule has 4 rings (SSSR count). The van der Waals surface area contributed by atoms with Crippen molar-refractivity contribution < 1.29 is 9.53 Å². The third-order valence-corrected chi connectivity index (χ3v) is 5.42. The summed E-state index contributed by atoms with van der Waals surface area (Å²) >= 11 is 0. The molecule has 1 N–H and O–H groups in total. The van der Waals surface area contributed by atoms with E-state index in [2.05, 4.69) is 29.7 Å². The number of nitrogens with zero attached hydrogens (tertiary/aromatic N) is 1. The first kappa shape index (κ1) is 17.7. The van der Waals surface area contributed by atoms with Gasteiger partial charge in [0.1, 0.15) is 5.75 Å². The zero-order chi connectivity index (χ0) is 18.6. The predicted molar refractivity (Wildman–Crippen MR) is 108 cm³/mol. The number of rotatable bonds is 5. The van der Waals surface area contributed by atoms with E-state index < -0.39 is 0 Å². The van der Waals surface area contributed by atoms with Crippen LogP contribution in [0.5, 0.6) is 5.75 Å². The standard InChI is InChI=1S/C23H26N2O2/c1-2-27-22-15-9-8-14-20(22)25-21(16-17-10-4-3-5-11-17)18-12-6-7-13-19(18)23(26)24-25/h3-5,8-11,14-15,21H,2,6-7,12-13,16H2,1H3,(H,24,26). The molecule has 0 saturated heterocycles. The second-order valence-corrected chi connectivity index (χ2v) is 7.13. The lowest BCUT2D eigenvalue weighted by atomic mass is 9.83. The van der Waals surface area contributed by atoms with E-state index >= 15 is 0 Å². The third-order valence-electron chi connectivity index (χ3n) is 5.42. The van der Waals surface area contributed by atoms with Gasteiger partial charge in [-0.25, -0.2) is 0 Å². The van der Waals surface area contributed by atoms with Gasteiger partial charge in [-0.3, -0.25) is 15.2 Å². The largest absolute Gasteiger partial charge is 0.492 e. The molecular formula is C23H26N2O2. The Labute approximate surface area is 160 Å². The van der Waals surface area contributed by atoms with Gasteiger partial charge in [-0.2, -0.15) is 0 Å². The summed E-state index contributed by atoms with van der Waals surface area (Å²) in [6.07, 6.45) is 4.99. The lowest BCUT2D eigenvalue weighted by Crippen LogP contribution is -2.55. The van der Waals surface area contributed by atoms with E-state index in [0.29, 0.717) is 6.61 Å². The minimum atomic E-state index is 0.0420. The van der Waals surface area contributed by atoms with Crippen molar-refractivity contribution in [1.29, 1.82) is 0 Å². The van der Waals surface area contributed by atoms with Crippen LogP contribution in [-0.4, -0.2) is 18.6 Å². The van der Waals surface area contributed by atoms with Crippen LogP contribution in [-0.2, 0) is 11.2 Å². The van der Waals surface area contributed by atoms with Crippen molar-refractivity contribution in [3.8, 4) is 5.75 Å². The summed E-state index contributed by atoms with van der Waals surface area (Å²) in [4.78, 5) is 12.8. The number of ether oxygens (including phenoxy) is 1. The Morgan fingerprint density at radius 1 is 1.04 bits per heavy atom. The van der Waals surface area contributed by atoms with Crippen LogP contribution < -0.4 is 15.2 Å². The molecule has 4 nitrogen and oxygen atoms in total. The Morgan fingerprint density at radius 3 is 2.59 bits per heavy atom. The van der Waals surface area contributed by atoms with Gasteiger partial charge in [0.05, 0.1) is 18.3 Å². The maximum atomic E-state index is 12.8. The number of hydrogen-bond acceptors (Lipinski definition) is 3. The summed E-state index contributed by atoms with van der Waals surface area (Å²) in [5, 5.41) is 2.03. The number of nitrogens with one attached hydrogen (secondary N) is 1. The van der Waals surface area contributed by atoms with Crippen LogP contribution in [0.1, 0.15) is 38.2 Å². The number of anilines is 1. The number of hydrogen-bond donors (Lipinski definition) is 1. The number of carbonyl (C=O) groups excluding carboxylic acids is 1. The molecule has 1 unspecified atom stereocenters. The van der Waals surface area contributed by atoms with E-state index in [1.54, 1.807) is 0 Å². The molecule has 0 fully saturated rings. The maximum Gasteiger partial charge on any atom is 0.265 e. The average Bonchev–Trinajstić information content (AvgIpc) is 2.72. The minimum Gasteiger partial charge on any atom is -0.492 e. The zero-order valence-corrected chi connectivity index (χ0v) is 15.8. The molecule has 0 spiro atoms. The van der Waals surface area contributed by atoms with Crippen molar-refractivity contribution in [3.05, 3.63) is 71.3 Å². The fraction of sp³-hybridized carbons (Fsp3) is 0.348. The number of carbonyl (C=O) groups is 1. The molecule has 1 amide bonds. The SMILES string of the molecule is CCOc1ccccc1N1NC(=O)C2=C(CCCC2)C1Cc1ccccc1. The molecule has 4 heteroatoms. The number of amides is 1. The predicted octanol–water partition coefficient (Wildman–Crippen LogP) is 4.42. The lowest BCUT2D eigenvalue weighted by Gasteiger charge is -2.42. The normalized spacial score (nSPS) is 19.5. The quantitative estimate of drug-likeness (QED) is 0.856. The topological polar surface area (TPSA) is 41.6 Å². The number of para-hydroxylation sites is 2. The van der Waals surface area contributed by atoms with E-state index in [-0.39, 0.29) is 11.9 Å². The smallest absolute Gasteiger partial charge is 0.265 e. The Morgan fingerprint density at radius 2 is 1.78 bits per heavy atom. The van der Waals surface area contributed by atoms with Gasteiger partial charge in [0.15, 0.2) is 0 Å². The van der Waals surface area contributed by atoms with Gasteiger partial charge in [-0.1, -0.05) is 42.5 Å². The first-order valence-electron chi connectivity index (χ1n) is 9.86. The van der Waals surface area contributed by atoms with E-state index in [4.69, 9.17) is 4.74 Å². The van der Waals surface area contributed by atoms with Crippen molar-refractivity contribution in [2.45, 2.75) is 45.1 Å². The highest BCUT2D eigenvalue weighted by Crippen LogP contribution is 2.38. The van der Waals surface area contributed by atoms with Crippen molar-refractivity contribution >= 4 is 11.6 Å². The summed E-state index contributed by atoms with van der Waals surface area (Å²) in [6, 6.07) is 18.6. The van der Waals surface area contributed by atoms with Gasteiger partial charge in [0.2, 0.25) is 0 Å². The molecule has 1 heterocycles. The molecule has 0 radical (unpaired) electrons. The van der Waals surface area contributed by atoms with Crippen LogP contribution in [0.4, 0.5) is 5.69 Å². The summed E-state index contributed by atoms with van der Waals surface area (Å²) in [6.45, 7) is 2.57. The molecule has 0 saturated carbocycles. The van der Waals surface area contributed by atoms with E-state index in [0.717, 1.165) is 49.1 Å². The van der Waals surface area contributed by atoms with E-state index in [1.165, 1.54) is 11.1 Å². The van der Waals surface area contributed by atoms with Gasteiger partial charge in [0.25, 0.3) is 5.91 Å². The average molecular weight is 362 g/mol. The second-order valence-electron chi connectivity index (χ2n) is 7.13. The van der Waals surface area contributed by atoms with Gasteiger partial charge in [0, 0.05) is 5.57 Å². The molecule has 2 aromatic carbocycles. The van der Waals surface area contributed by atoms with Crippen molar-refractivity contribution in [1.82, 2.24) is 5.43 Å². The maximum absolute atomic E-state index is 12.8. The van der Waals surface area contributed by atoms with Gasteiger partial charge < -0.3 is 4.74 Å². The highest BCUT2D eigenvalue weighted by Gasteiger charge is 2.36. The van der Waals surface area contributed by atoms with Crippen molar-refractivity contribution in [2.75, 3.05) is 11.6 Å². The molecule has 27 heavy (non-hydrogen) atoms. The summed E-state index contributed by atoms with van der Waals surface area (Å²) in [5.41, 5.74) is 7.64. The van der Waals surface area contributed by atoms with Crippen LogP contribution in [0, 0.1) is 0 Å². The fourth-order valence-electron chi connectivity index (χ4n) is 4.18. The Kier molecular flexibility index (Phi) is 5.14. The van der Waals surface area contributed by atoms with Crippen LogP contribution in [0.2, 0.25) is 0 Å². The second kappa shape index (κ2) is 7.87. The highest BCUT2D eigenvalue weighted by atomic mass is 16.5. The summed E-state index contributed by atoms with van der Waals surface area (Å²) in [7, 11) is 0. The molecule has 0 bridgehead atoms. The van der Waals surface area contributed by atoms with E-state index in [9.17, 15) is 4.79 Å². The molecule has 0 aromatic heterocycles. The summed E-state index contributed by atoms with van der Waals surface area (Å²) < 4.78 is 5.85.